The van der Waals surface area contributed by atoms with E-state index in [0.29, 0.717) is 0 Å². The minimum atomic E-state index is 0.749. The Balaban J connectivity index is 0.00000132. The third-order valence-electron chi connectivity index (χ3n) is 5.72. The van der Waals surface area contributed by atoms with Gasteiger partial charge >= 0.3 is 0 Å². The molecule has 0 radical (unpaired) electrons. The topological polar surface area (TPSA) is 29.9 Å². The van der Waals surface area contributed by atoms with Gasteiger partial charge in [0.05, 0.1) is 5.69 Å². The molecule has 0 aliphatic heterocycles. The van der Waals surface area contributed by atoms with Crippen LogP contribution >= 0.6 is 11.8 Å². The lowest BCUT2D eigenvalue weighted by Crippen LogP contribution is -2.02. The Morgan fingerprint density at radius 1 is 1.00 bits per heavy atom. The maximum Gasteiger partial charge on any atom is 0.0658 e. The predicted octanol–water partition coefficient (Wildman–Crippen LogP) is 7.31. The van der Waals surface area contributed by atoms with Gasteiger partial charge in [-0.25, -0.2) is 0 Å². The van der Waals surface area contributed by atoms with E-state index in [2.05, 4.69) is 96.2 Å². The molecule has 0 amide bonds. The van der Waals surface area contributed by atoms with Crippen LogP contribution in [0.3, 0.4) is 0 Å². The highest BCUT2D eigenvalue weighted by atomic mass is 32.2. The molecule has 1 aliphatic rings. The van der Waals surface area contributed by atoms with Crippen LogP contribution in [0.2, 0.25) is 0 Å². The van der Waals surface area contributed by atoms with Crippen molar-refractivity contribution < 1.29 is 0 Å². The molecule has 2 aromatic carbocycles. The van der Waals surface area contributed by atoms with E-state index in [1.165, 1.54) is 65.2 Å². The van der Waals surface area contributed by atoms with Crippen molar-refractivity contribution in [2.75, 3.05) is 18.1 Å². The summed E-state index contributed by atoms with van der Waals surface area (Å²) in [7, 11) is 2.09. The molecule has 164 valence electrons. The van der Waals surface area contributed by atoms with Gasteiger partial charge in [-0.05, 0) is 79.8 Å². The lowest BCUT2D eigenvalue weighted by molar-refractivity contribution is 0.642. The molecule has 0 bridgehead atoms. The molecule has 1 heterocycles. The number of anilines is 1. The van der Waals surface area contributed by atoms with Gasteiger partial charge in [-0.1, -0.05) is 30.7 Å². The number of aromatic nitrogens is 2. The fourth-order valence-corrected chi connectivity index (χ4v) is 4.18. The second-order valence-corrected chi connectivity index (χ2v) is 8.88. The van der Waals surface area contributed by atoms with Gasteiger partial charge in [-0.3, -0.25) is 4.68 Å². The summed E-state index contributed by atoms with van der Waals surface area (Å²) in [6.45, 7) is 7.02. The summed E-state index contributed by atoms with van der Waals surface area (Å²) in [5.74, 6) is 0.749. The molecular weight excluding hydrogens is 398 g/mol. The largest absolute Gasteiger partial charge is 0.385 e. The maximum atomic E-state index is 4.67. The second kappa shape index (κ2) is 11.8. The smallest absolute Gasteiger partial charge is 0.0658 e. The molecule has 31 heavy (non-hydrogen) atoms. The average Bonchev–Trinajstić information content (AvgIpc) is 3.61. The van der Waals surface area contributed by atoms with Crippen molar-refractivity contribution in [2.24, 2.45) is 7.05 Å². The molecule has 4 rings (SSSR count). The predicted molar refractivity (Wildman–Crippen MR) is 136 cm³/mol. The summed E-state index contributed by atoms with van der Waals surface area (Å²) < 4.78 is 2.09. The van der Waals surface area contributed by atoms with Crippen LogP contribution in [0.4, 0.5) is 5.69 Å². The minimum Gasteiger partial charge on any atom is -0.385 e. The third kappa shape index (κ3) is 6.76. The first-order chi connectivity index (χ1) is 15.2. The molecule has 3 nitrogen and oxygen atoms in total. The number of aryl methyl sites for hydroxylation is 2. The molecule has 0 spiro atoms. The molecule has 0 atom stereocenters. The van der Waals surface area contributed by atoms with Gasteiger partial charge in [-0.2, -0.15) is 5.10 Å². The van der Waals surface area contributed by atoms with Gasteiger partial charge in [0.25, 0.3) is 0 Å². The van der Waals surface area contributed by atoms with Crippen molar-refractivity contribution in [2.45, 2.75) is 49.3 Å². The van der Waals surface area contributed by atoms with Crippen LogP contribution in [0.25, 0.3) is 11.1 Å². The second-order valence-electron chi connectivity index (χ2n) is 8.01. The molecule has 1 saturated carbocycles. The van der Waals surface area contributed by atoms with Gasteiger partial charge in [0.1, 0.15) is 0 Å². The summed E-state index contributed by atoms with van der Waals surface area (Å²) in [5.41, 5.74) is 6.45. The monoisotopic (exact) mass is 433 g/mol. The molecule has 3 aromatic rings. The summed E-state index contributed by atoms with van der Waals surface area (Å²) in [4.78, 5) is 1.30. The van der Waals surface area contributed by atoms with Crippen molar-refractivity contribution in [3.8, 4) is 11.1 Å². The molecule has 0 unspecified atom stereocenters. The Hall–Kier alpha value is -2.46. The van der Waals surface area contributed by atoms with Crippen LogP contribution in [-0.2, 0) is 13.5 Å². The van der Waals surface area contributed by atoms with Crippen molar-refractivity contribution in [3.05, 3.63) is 79.1 Å². The highest BCUT2D eigenvalue weighted by molar-refractivity contribution is 7.98. The Morgan fingerprint density at radius 3 is 2.48 bits per heavy atom. The van der Waals surface area contributed by atoms with Gasteiger partial charge in [0, 0.05) is 35.8 Å². The van der Waals surface area contributed by atoms with Crippen LogP contribution in [0.15, 0.2) is 72.7 Å². The Kier molecular flexibility index (Phi) is 8.84. The minimum absolute atomic E-state index is 0.749. The van der Waals surface area contributed by atoms with Gasteiger partial charge in [0.15, 0.2) is 0 Å². The number of benzene rings is 2. The van der Waals surface area contributed by atoms with E-state index in [1.54, 1.807) is 11.8 Å². The van der Waals surface area contributed by atoms with E-state index in [0.717, 1.165) is 18.9 Å². The lowest BCUT2D eigenvalue weighted by Gasteiger charge is -2.09. The Morgan fingerprint density at radius 2 is 1.77 bits per heavy atom. The number of nitrogens with zero attached hydrogens (tertiary/aromatic N) is 2. The first-order valence-electron chi connectivity index (χ1n) is 11.2. The van der Waals surface area contributed by atoms with E-state index < -0.39 is 0 Å². The number of thioether (sulfide) groups is 1. The quantitative estimate of drug-likeness (QED) is 0.206. The van der Waals surface area contributed by atoms with Crippen LogP contribution < -0.4 is 5.32 Å². The molecule has 4 heteroatoms. The summed E-state index contributed by atoms with van der Waals surface area (Å²) in [6.07, 6.45) is 9.57. The van der Waals surface area contributed by atoms with E-state index in [-0.39, 0.29) is 0 Å². The van der Waals surface area contributed by atoms with Gasteiger partial charge in [-0.15, -0.1) is 24.9 Å². The van der Waals surface area contributed by atoms with Crippen LogP contribution in [0, 0.1) is 0 Å². The van der Waals surface area contributed by atoms with Crippen molar-refractivity contribution in [1.82, 2.24) is 9.78 Å². The van der Waals surface area contributed by atoms with Gasteiger partial charge in [0.2, 0.25) is 0 Å². The zero-order chi connectivity index (χ0) is 22.1. The first kappa shape index (κ1) is 23.2. The zero-order valence-electron chi connectivity index (χ0n) is 18.9. The standard InChI is InChI=1S/C25H31N3S.C2H4/c1-28-23(18-25(27-28)20-10-11-20)9-4-3-5-16-26-22-8-6-7-21(17-22)19-12-14-24(29-2)15-13-19;1-2/h6-8,12-15,17-18,20,26H,3-5,9-11,16H2,1-2H3;1-2H2. The highest BCUT2D eigenvalue weighted by Crippen LogP contribution is 2.39. The summed E-state index contributed by atoms with van der Waals surface area (Å²) in [6, 6.07) is 19.9. The molecule has 1 N–H and O–H groups in total. The molecule has 0 saturated heterocycles. The van der Waals surface area contributed by atoms with E-state index in [4.69, 9.17) is 0 Å². The van der Waals surface area contributed by atoms with Crippen molar-refractivity contribution in [3.63, 3.8) is 0 Å². The SMILES string of the molecule is C=C.CSc1ccc(-c2cccc(NCCCCCc3cc(C4CC4)nn3C)c2)cc1. The Labute approximate surface area is 192 Å². The van der Waals surface area contributed by atoms with E-state index >= 15 is 0 Å². The zero-order valence-corrected chi connectivity index (χ0v) is 19.8. The summed E-state index contributed by atoms with van der Waals surface area (Å²) in [5, 5.41) is 8.27. The number of hydrogen-bond acceptors (Lipinski definition) is 3. The number of rotatable bonds is 10. The van der Waals surface area contributed by atoms with Crippen molar-refractivity contribution >= 4 is 17.4 Å². The van der Waals surface area contributed by atoms with Gasteiger partial charge < -0.3 is 5.32 Å². The normalized spacial score (nSPS) is 12.8. The maximum absolute atomic E-state index is 4.67. The summed E-state index contributed by atoms with van der Waals surface area (Å²) >= 11 is 1.78. The molecule has 1 aromatic heterocycles. The highest BCUT2D eigenvalue weighted by Gasteiger charge is 2.26. The van der Waals surface area contributed by atoms with E-state index in [9.17, 15) is 0 Å². The van der Waals surface area contributed by atoms with Crippen LogP contribution in [0.5, 0.6) is 0 Å². The number of hydrogen-bond donors (Lipinski definition) is 1. The average molecular weight is 434 g/mol. The van der Waals surface area contributed by atoms with Crippen LogP contribution in [0.1, 0.15) is 49.4 Å². The fraction of sp³-hybridized carbons (Fsp3) is 0.370. The van der Waals surface area contributed by atoms with Crippen LogP contribution in [-0.4, -0.2) is 22.6 Å². The molecule has 1 fully saturated rings. The fourth-order valence-electron chi connectivity index (χ4n) is 3.78. The van der Waals surface area contributed by atoms with E-state index in [1.807, 2.05) is 0 Å². The lowest BCUT2D eigenvalue weighted by atomic mass is 10.1. The Bertz CT molecular complexity index is 941. The number of nitrogens with one attached hydrogen (secondary N) is 1. The number of unbranched alkanes of at least 4 members (excludes halogenated alkanes) is 2. The third-order valence-corrected chi connectivity index (χ3v) is 6.46. The molecule has 1 aliphatic carbocycles. The van der Waals surface area contributed by atoms with Crippen molar-refractivity contribution in [1.29, 1.82) is 0 Å². The first-order valence-corrected chi connectivity index (χ1v) is 12.5. The molecular formula is C27H35N3S.